The van der Waals surface area contributed by atoms with Crippen molar-refractivity contribution in [1.29, 1.82) is 0 Å². The number of anilines is 1. The van der Waals surface area contributed by atoms with Gasteiger partial charge in [0.1, 0.15) is 0 Å². The molecule has 0 atom stereocenters. The fourth-order valence-corrected chi connectivity index (χ4v) is 2.28. The number of hydrogen-bond acceptors (Lipinski definition) is 4. The monoisotopic (exact) mass is 346 g/mol. The molecule has 1 aliphatic heterocycles. The van der Waals surface area contributed by atoms with E-state index in [4.69, 9.17) is 11.6 Å². The van der Waals surface area contributed by atoms with Crippen molar-refractivity contribution in [2.24, 2.45) is 5.73 Å². The Morgan fingerprint density at radius 1 is 1.04 bits per heavy atom. The van der Waals surface area contributed by atoms with E-state index in [1.54, 1.807) is 55.5 Å². The van der Waals surface area contributed by atoms with Gasteiger partial charge in [-0.3, -0.25) is 9.59 Å². The number of carbonyl (C=O) groups excluding carboxylic acids is 3. The highest BCUT2D eigenvalue weighted by atomic mass is 35.5. The van der Waals surface area contributed by atoms with Gasteiger partial charge in [0.25, 0.3) is 11.8 Å². The molecule has 0 saturated carbocycles. The van der Waals surface area contributed by atoms with Gasteiger partial charge in [0, 0.05) is 5.02 Å². The van der Waals surface area contributed by atoms with Crippen LogP contribution in [0.5, 0.6) is 0 Å². The number of imide groups is 1. The molecule has 124 valence electrons. The summed E-state index contributed by atoms with van der Waals surface area (Å²) in [4.78, 5) is 35.1. The number of amides is 3. The van der Waals surface area contributed by atoms with Crippen LogP contribution in [0.1, 0.15) is 27.6 Å². The number of primary amides is 1. The molecule has 1 aliphatic rings. The highest BCUT2D eigenvalue weighted by Gasteiger charge is 2.36. The second kappa shape index (κ2) is 7.61. The summed E-state index contributed by atoms with van der Waals surface area (Å²) >= 11 is 5.79. The fourth-order valence-electron chi connectivity index (χ4n) is 2.16. The van der Waals surface area contributed by atoms with Gasteiger partial charge >= 0.3 is 6.09 Å². The smallest absolute Gasteiger partial charge is 0.404 e. The first-order chi connectivity index (χ1) is 11.5. The maximum Gasteiger partial charge on any atom is 0.404 e. The lowest BCUT2D eigenvalue weighted by molar-refractivity contribution is 0.0926. The average molecular weight is 347 g/mol. The van der Waals surface area contributed by atoms with Crippen molar-refractivity contribution in [1.82, 2.24) is 0 Å². The van der Waals surface area contributed by atoms with E-state index in [1.165, 1.54) is 4.90 Å². The number of benzene rings is 2. The summed E-state index contributed by atoms with van der Waals surface area (Å²) in [7, 11) is 0. The van der Waals surface area contributed by atoms with Crippen molar-refractivity contribution in [3.8, 4) is 0 Å². The molecule has 3 amide bonds. The lowest BCUT2D eigenvalue weighted by Gasteiger charge is -2.13. The topological polar surface area (TPSA) is 89.7 Å². The number of nitrogens with two attached hydrogens (primary N) is 1. The van der Waals surface area contributed by atoms with Crippen LogP contribution in [-0.2, 0) is 4.74 Å². The summed E-state index contributed by atoms with van der Waals surface area (Å²) in [5, 5.41) is 0.565. The summed E-state index contributed by atoms with van der Waals surface area (Å²) in [5.74, 6) is -0.587. The highest BCUT2D eigenvalue weighted by molar-refractivity contribution is 6.34. The molecule has 7 heteroatoms. The normalized spacial score (nSPS) is 12.3. The average Bonchev–Trinajstić information content (AvgIpc) is 2.81. The van der Waals surface area contributed by atoms with Crippen LogP contribution in [0.2, 0.25) is 5.02 Å². The molecule has 1 heterocycles. The molecule has 0 saturated heterocycles. The molecule has 6 nitrogen and oxygen atoms in total. The minimum Gasteiger partial charge on any atom is -0.450 e. The Morgan fingerprint density at radius 3 is 1.92 bits per heavy atom. The molecule has 0 radical (unpaired) electrons. The van der Waals surface area contributed by atoms with E-state index in [0.29, 0.717) is 28.4 Å². The van der Waals surface area contributed by atoms with Gasteiger partial charge in [-0.1, -0.05) is 23.7 Å². The van der Waals surface area contributed by atoms with Crippen molar-refractivity contribution >= 4 is 35.2 Å². The lowest BCUT2D eigenvalue weighted by atomic mass is 10.1. The maximum atomic E-state index is 12.2. The number of nitrogens with zero attached hydrogens (tertiary/aromatic N) is 1. The van der Waals surface area contributed by atoms with E-state index in [0.717, 1.165) is 0 Å². The molecule has 3 rings (SSSR count). The Bertz CT molecular complexity index is 739. The predicted octanol–water partition coefficient (Wildman–Crippen LogP) is 3.24. The second-order valence-corrected chi connectivity index (χ2v) is 5.16. The molecule has 2 N–H and O–H groups in total. The minimum absolute atomic E-state index is 0.294. The molecule has 2 aromatic rings. The van der Waals surface area contributed by atoms with Gasteiger partial charge in [-0.05, 0) is 43.3 Å². The Balaban J connectivity index is 0.000000301. The third kappa shape index (κ3) is 3.72. The highest BCUT2D eigenvalue weighted by Crippen LogP contribution is 2.28. The van der Waals surface area contributed by atoms with Crippen molar-refractivity contribution in [3.05, 3.63) is 64.7 Å². The largest absolute Gasteiger partial charge is 0.450 e. The van der Waals surface area contributed by atoms with Crippen LogP contribution >= 0.6 is 11.6 Å². The SMILES string of the molecule is CCOC(N)=O.O=C1c2ccccc2C(=O)N1c1ccc(Cl)cc1. The number of carbonyl (C=O) groups is 3. The van der Waals surface area contributed by atoms with E-state index in [-0.39, 0.29) is 11.8 Å². The predicted molar refractivity (Wildman–Crippen MR) is 90.2 cm³/mol. The number of ether oxygens (including phenoxy) is 1. The second-order valence-electron chi connectivity index (χ2n) is 4.72. The van der Waals surface area contributed by atoms with Gasteiger partial charge in [0.05, 0.1) is 23.4 Å². The van der Waals surface area contributed by atoms with E-state index in [1.807, 2.05) is 0 Å². The first-order valence-corrected chi connectivity index (χ1v) is 7.49. The van der Waals surface area contributed by atoms with Crippen molar-refractivity contribution < 1.29 is 19.1 Å². The summed E-state index contributed by atoms with van der Waals surface area (Å²) in [6.45, 7) is 2.06. The minimum atomic E-state index is -0.711. The van der Waals surface area contributed by atoms with E-state index in [9.17, 15) is 14.4 Å². The first kappa shape index (κ1) is 17.5. The van der Waals surface area contributed by atoms with Crippen LogP contribution < -0.4 is 10.6 Å². The molecule has 0 bridgehead atoms. The van der Waals surface area contributed by atoms with Crippen molar-refractivity contribution in [2.45, 2.75) is 6.92 Å². The van der Waals surface area contributed by atoms with Crippen molar-refractivity contribution in [2.75, 3.05) is 11.5 Å². The van der Waals surface area contributed by atoms with E-state index in [2.05, 4.69) is 10.5 Å². The molecule has 0 spiro atoms. The Hall–Kier alpha value is -2.86. The van der Waals surface area contributed by atoms with Gasteiger partial charge in [-0.2, -0.15) is 0 Å². The lowest BCUT2D eigenvalue weighted by Crippen LogP contribution is -2.29. The zero-order chi connectivity index (χ0) is 17.7. The van der Waals surface area contributed by atoms with Gasteiger partial charge in [-0.25, -0.2) is 9.69 Å². The quantitative estimate of drug-likeness (QED) is 0.845. The fraction of sp³-hybridized carbons (Fsp3) is 0.118. The molecule has 0 unspecified atom stereocenters. The number of fused-ring (bicyclic) bond motifs is 1. The maximum absolute atomic E-state index is 12.2. The van der Waals surface area contributed by atoms with Crippen LogP contribution in [-0.4, -0.2) is 24.5 Å². The number of hydrogen-bond donors (Lipinski definition) is 1. The van der Waals surface area contributed by atoms with Crippen LogP contribution in [0.15, 0.2) is 48.5 Å². The van der Waals surface area contributed by atoms with Gasteiger partial charge in [0.2, 0.25) is 0 Å². The first-order valence-electron chi connectivity index (χ1n) is 7.11. The van der Waals surface area contributed by atoms with E-state index < -0.39 is 6.09 Å². The Morgan fingerprint density at radius 2 is 1.54 bits per heavy atom. The number of halogens is 1. The standard InChI is InChI=1S/C14H8ClNO2.C3H7NO2/c15-9-5-7-10(8-6-9)16-13(17)11-3-1-2-4-12(11)14(16)18;1-2-6-3(4)5/h1-8H;2H2,1H3,(H2,4,5). The molecule has 0 fully saturated rings. The molecule has 0 aliphatic carbocycles. The summed E-state index contributed by atoms with van der Waals surface area (Å²) in [6.07, 6.45) is -0.711. The van der Waals surface area contributed by atoms with Crippen LogP contribution in [0, 0.1) is 0 Å². The Kier molecular flexibility index (Phi) is 5.55. The van der Waals surface area contributed by atoms with Gasteiger partial charge in [0.15, 0.2) is 0 Å². The molecule has 24 heavy (non-hydrogen) atoms. The summed E-state index contributed by atoms with van der Waals surface area (Å²) in [5.41, 5.74) is 5.96. The third-order valence-electron chi connectivity index (χ3n) is 3.17. The molecule has 0 aromatic heterocycles. The van der Waals surface area contributed by atoms with E-state index >= 15 is 0 Å². The number of rotatable bonds is 2. The Labute approximate surface area is 143 Å². The van der Waals surface area contributed by atoms with Gasteiger partial charge < -0.3 is 10.5 Å². The zero-order valence-electron chi connectivity index (χ0n) is 12.9. The molecule has 2 aromatic carbocycles. The zero-order valence-corrected chi connectivity index (χ0v) is 13.6. The van der Waals surface area contributed by atoms with Crippen molar-refractivity contribution in [3.63, 3.8) is 0 Å². The summed E-state index contributed by atoms with van der Waals surface area (Å²) < 4.78 is 4.18. The van der Waals surface area contributed by atoms with Crippen LogP contribution in [0.4, 0.5) is 10.5 Å². The molecular formula is C17H15ClN2O4. The van der Waals surface area contributed by atoms with Gasteiger partial charge in [-0.15, -0.1) is 0 Å². The summed E-state index contributed by atoms with van der Waals surface area (Å²) in [6, 6.07) is 13.4. The third-order valence-corrected chi connectivity index (χ3v) is 3.42. The molecular weight excluding hydrogens is 332 g/mol. The van der Waals surface area contributed by atoms with Crippen LogP contribution in [0.25, 0.3) is 0 Å². The van der Waals surface area contributed by atoms with Crippen LogP contribution in [0.3, 0.4) is 0 Å².